The zero-order valence-electron chi connectivity index (χ0n) is 10.9. The Morgan fingerprint density at radius 3 is 2.00 bits per heavy atom. The number of phenolic OH excluding ortho intramolecular Hbond substituents is 2. The van der Waals surface area contributed by atoms with Crippen molar-refractivity contribution in [1.29, 1.82) is 0 Å². The van der Waals surface area contributed by atoms with Crippen LogP contribution in [-0.2, 0) is 0 Å². The minimum Gasteiger partial charge on any atom is -0.504 e. The molecule has 22 heavy (non-hydrogen) atoms. The first kappa shape index (κ1) is 15.0. The van der Waals surface area contributed by atoms with E-state index in [1.165, 1.54) is 24.3 Å². The number of hydrogen-bond acceptors (Lipinski definition) is 6. The van der Waals surface area contributed by atoms with Gasteiger partial charge < -0.3 is 15.3 Å². The highest BCUT2D eigenvalue weighted by Gasteiger charge is 2.22. The summed E-state index contributed by atoms with van der Waals surface area (Å²) in [5.74, 6) is -3.53. The van der Waals surface area contributed by atoms with Gasteiger partial charge in [0.25, 0.3) is 0 Å². The van der Waals surface area contributed by atoms with Gasteiger partial charge in [0.2, 0.25) is 5.75 Å². The van der Waals surface area contributed by atoms with E-state index >= 15 is 0 Å². The third kappa shape index (κ3) is 2.70. The minimum atomic E-state index is -1.16. The summed E-state index contributed by atoms with van der Waals surface area (Å²) in [6.45, 7) is 0. The summed E-state index contributed by atoms with van der Waals surface area (Å²) in [7, 11) is 0. The number of carboxylic acid groups (broad SMARTS) is 1. The van der Waals surface area contributed by atoms with Crippen LogP contribution in [0.15, 0.2) is 36.4 Å². The van der Waals surface area contributed by atoms with Gasteiger partial charge in [-0.2, -0.15) is 0 Å². The van der Waals surface area contributed by atoms with Crippen LogP contribution in [-0.4, -0.2) is 32.0 Å². The highest BCUT2D eigenvalue weighted by Crippen LogP contribution is 2.36. The first-order chi connectivity index (χ1) is 10.3. The zero-order valence-corrected chi connectivity index (χ0v) is 10.9. The average Bonchev–Trinajstić information content (AvgIpc) is 2.48. The van der Waals surface area contributed by atoms with Crippen LogP contribution in [0.3, 0.4) is 0 Å². The predicted molar refractivity (Wildman–Crippen MR) is 73.3 cm³/mol. The zero-order chi connectivity index (χ0) is 16.4. The van der Waals surface area contributed by atoms with Gasteiger partial charge in [0, 0.05) is 17.2 Å². The Bertz CT molecular complexity index is 781. The molecule has 0 unspecified atom stereocenters. The van der Waals surface area contributed by atoms with E-state index in [-0.39, 0.29) is 16.7 Å². The quantitative estimate of drug-likeness (QED) is 0.339. The molecule has 0 fully saturated rings. The van der Waals surface area contributed by atoms with Crippen LogP contribution < -0.4 is 0 Å². The van der Waals surface area contributed by atoms with Crippen molar-refractivity contribution in [2.75, 3.05) is 0 Å². The lowest BCUT2D eigenvalue weighted by atomic mass is 10.0. The molecular weight excluding hydrogens is 294 g/mol. The fourth-order valence-corrected chi connectivity index (χ4v) is 1.81. The molecule has 0 aliphatic rings. The van der Waals surface area contributed by atoms with Gasteiger partial charge in [-0.05, 0) is 18.2 Å². The maximum Gasteiger partial charge on any atom is 0.335 e. The average molecular weight is 303 g/mol. The van der Waals surface area contributed by atoms with Crippen molar-refractivity contribution < 1.29 is 29.8 Å². The topological polar surface area (TPSA) is 138 Å². The highest BCUT2D eigenvalue weighted by atomic mass is 16.6. The number of carbonyl (C=O) groups excluding carboxylic acids is 1. The molecule has 0 aliphatic carbocycles. The molecule has 0 atom stereocenters. The molecule has 0 aromatic heterocycles. The van der Waals surface area contributed by atoms with E-state index in [4.69, 9.17) is 5.11 Å². The second-order valence-electron chi connectivity index (χ2n) is 4.33. The number of carbonyl (C=O) groups is 2. The number of benzene rings is 2. The van der Waals surface area contributed by atoms with Gasteiger partial charge in [0.15, 0.2) is 11.5 Å². The maximum atomic E-state index is 12.2. The van der Waals surface area contributed by atoms with Crippen molar-refractivity contribution in [2.45, 2.75) is 0 Å². The standard InChI is InChI=1S/C14H9NO7/c16-11-6-9(5-10(13(11)18)15(21)22)12(17)7-1-3-8(4-2-7)14(19)20/h1-6,16,18H,(H,19,20). The predicted octanol–water partition coefficient (Wildman–Crippen LogP) is 1.94. The van der Waals surface area contributed by atoms with Crippen molar-refractivity contribution in [1.82, 2.24) is 0 Å². The van der Waals surface area contributed by atoms with E-state index in [1.807, 2.05) is 0 Å². The minimum absolute atomic E-state index is 0.0175. The summed E-state index contributed by atoms with van der Waals surface area (Å²) in [5.41, 5.74) is -0.934. The monoisotopic (exact) mass is 303 g/mol. The molecule has 3 N–H and O–H groups in total. The molecule has 112 valence electrons. The van der Waals surface area contributed by atoms with Crippen molar-refractivity contribution in [3.63, 3.8) is 0 Å². The number of aromatic carboxylic acids is 1. The molecule has 8 heteroatoms. The lowest BCUT2D eigenvalue weighted by Crippen LogP contribution is -2.04. The highest BCUT2D eigenvalue weighted by molar-refractivity contribution is 6.10. The van der Waals surface area contributed by atoms with E-state index in [1.54, 1.807) is 0 Å². The Morgan fingerprint density at radius 1 is 0.955 bits per heavy atom. The van der Waals surface area contributed by atoms with Gasteiger partial charge in [0.05, 0.1) is 10.5 Å². The molecule has 0 bridgehead atoms. The molecule has 2 rings (SSSR count). The van der Waals surface area contributed by atoms with Crippen LogP contribution in [0.2, 0.25) is 0 Å². The van der Waals surface area contributed by atoms with Crippen molar-refractivity contribution in [2.24, 2.45) is 0 Å². The largest absolute Gasteiger partial charge is 0.504 e. The molecular formula is C14H9NO7. The number of aromatic hydroxyl groups is 2. The van der Waals surface area contributed by atoms with Crippen LogP contribution in [0, 0.1) is 10.1 Å². The first-order valence-electron chi connectivity index (χ1n) is 5.89. The smallest absolute Gasteiger partial charge is 0.335 e. The van der Waals surface area contributed by atoms with E-state index in [9.17, 15) is 29.9 Å². The number of nitro groups is 1. The Morgan fingerprint density at radius 2 is 1.50 bits per heavy atom. The van der Waals surface area contributed by atoms with Gasteiger partial charge >= 0.3 is 11.7 Å². The Hall–Kier alpha value is -3.42. The normalized spacial score (nSPS) is 10.2. The van der Waals surface area contributed by atoms with Crippen LogP contribution in [0.5, 0.6) is 11.5 Å². The van der Waals surface area contributed by atoms with Crippen LogP contribution in [0.4, 0.5) is 5.69 Å². The van der Waals surface area contributed by atoms with E-state index in [0.29, 0.717) is 0 Å². The molecule has 0 radical (unpaired) electrons. The first-order valence-corrected chi connectivity index (χ1v) is 5.89. The lowest BCUT2D eigenvalue weighted by molar-refractivity contribution is -0.386. The SMILES string of the molecule is O=C(O)c1ccc(C(=O)c2cc(O)c(O)c([N+](=O)[O-])c2)cc1. The second kappa shape index (κ2) is 5.52. The van der Waals surface area contributed by atoms with Crippen molar-refractivity contribution >= 4 is 17.4 Å². The fraction of sp³-hybridized carbons (Fsp3) is 0. The number of nitrogens with zero attached hydrogens (tertiary/aromatic N) is 1. The lowest BCUT2D eigenvalue weighted by Gasteiger charge is -2.05. The van der Waals surface area contributed by atoms with E-state index in [2.05, 4.69) is 0 Å². The van der Waals surface area contributed by atoms with Crippen molar-refractivity contribution in [3.8, 4) is 11.5 Å². The number of carboxylic acids is 1. The molecule has 0 saturated carbocycles. The van der Waals surface area contributed by atoms with Gasteiger partial charge in [-0.1, -0.05) is 12.1 Å². The van der Waals surface area contributed by atoms with Gasteiger partial charge in [-0.3, -0.25) is 14.9 Å². The van der Waals surface area contributed by atoms with Gasteiger partial charge in [-0.15, -0.1) is 0 Å². The number of ketones is 1. The van der Waals surface area contributed by atoms with E-state index < -0.39 is 33.9 Å². The molecule has 0 amide bonds. The summed E-state index contributed by atoms with van der Waals surface area (Å²) < 4.78 is 0. The summed E-state index contributed by atoms with van der Waals surface area (Å²) in [6.07, 6.45) is 0. The summed E-state index contributed by atoms with van der Waals surface area (Å²) >= 11 is 0. The number of nitro benzene ring substituents is 1. The molecule has 0 spiro atoms. The van der Waals surface area contributed by atoms with Crippen LogP contribution >= 0.6 is 0 Å². The van der Waals surface area contributed by atoms with Crippen LogP contribution in [0.1, 0.15) is 26.3 Å². The van der Waals surface area contributed by atoms with Gasteiger partial charge in [-0.25, -0.2) is 4.79 Å². The molecule has 2 aromatic carbocycles. The molecule has 0 heterocycles. The summed E-state index contributed by atoms with van der Waals surface area (Å²) in [4.78, 5) is 32.8. The third-order valence-corrected chi connectivity index (χ3v) is 2.92. The second-order valence-corrected chi connectivity index (χ2v) is 4.33. The van der Waals surface area contributed by atoms with Crippen LogP contribution in [0.25, 0.3) is 0 Å². The third-order valence-electron chi connectivity index (χ3n) is 2.92. The molecule has 0 aliphatic heterocycles. The Balaban J connectivity index is 2.45. The number of phenols is 2. The van der Waals surface area contributed by atoms with E-state index in [0.717, 1.165) is 12.1 Å². The maximum absolute atomic E-state index is 12.2. The molecule has 2 aromatic rings. The number of rotatable bonds is 4. The fourth-order valence-electron chi connectivity index (χ4n) is 1.81. The Kier molecular flexibility index (Phi) is 3.76. The Labute approximate surface area is 123 Å². The number of hydrogen-bond donors (Lipinski definition) is 3. The van der Waals surface area contributed by atoms with Crippen molar-refractivity contribution in [3.05, 3.63) is 63.2 Å². The summed E-state index contributed by atoms with van der Waals surface area (Å²) in [5, 5.41) is 38.4. The molecule has 8 nitrogen and oxygen atoms in total. The van der Waals surface area contributed by atoms with Gasteiger partial charge in [0.1, 0.15) is 0 Å². The summed E-state index contributed by atoms with van der Waals surface area (Å²) in [6, 6.07) is 6.66. The molecule has 0 saturated heterocycles.